The maximum atomic E-state index is 12.8. The lowest BCUT2D eigenvalue weighted by Gasteiger charge is -2.24. The molecule has 2 saturated heterocycles. The quantitative estimate of drug-likeness (QED) is 0.823. The molecule has 2 heterocycles. The molecule has 0 aromatic heterocycles. The molecular formula is C18H23ClN2O4. The summed E-state index contributed by atoms with van der Waals surface area (Å²) < 4.78 is 10.6. The Bertz CT molecular complexity index is 646. The molecule has 1 aromatic carbocycles. The van der Waals surface area contributed by atoms with Gasteiger partial charge in [0.25, 0.3) is 11.8 Å². The van der Waals surface area contributed by atoms with Crippen molar-refractivity contribution in [3.05, 3.63) is 28.8 Å². The predicted octanol–water partition coefficient (Wildman–Crippen LogP) is 2.20. The molecule has 2 aliphatic rings. The minimum Gasteiger partial charge on any atom is -0.497 e. The number of hydrogen-bond acceptors (Lipinski definition) is 4. The van der Waals surface area contributed by atoms with Gasteiger partial charge in [0, 0.05) is 32.8 Å². The zero-order chi connectivity index (χ0) is 17.8. The van der Waals surface area contributed by atoms with Gasteiger partial charge in [-0.05, 0) is 37.5 Å². The first-order chi connectivity index (χ1) is 12.1. The van der Waals surface area contributed by atoms with Crippen molar-refractivity contribution in [2.75, 3.05) is 39.9 Å². The molecule has 3 rings (SSSR count). The van der Waals surface area contributed by atoms with Gasteiger partial charge >= 0.3 is 0 Å². The second kappa shape index (κ2) is 8.06. The molecule has 0 spiro atoms. The molecule has 1 aromatic rings. The Kier molecular flexibility index (Phi) is 5.81. The maximum Gasteiger partial charge on any atom is 0.255 e. The fraction of sp³-hybridized carbons (Fsp3) is 0.556. The van der Waals surface area contributed by atoms with Crippen molar-refractivity contribution in [1.82, 2.24) is 9.80 Å². The average molecular weight is 367 g/mol. The van der Waals surface area contributed by atoms with E-state index in [1.165, 1.54) is 0 Å². The third kappa shape index (κ3) is 4.07. The Balaban J connectivity index is 1.64. The fourth-order valence-corrected chi connectivity index (χ4v) is 3.53. The van der Waals surface area contributed by atoms with Crippen LogP contribution in [0.15, 0.2) is 18.2 Å². The molecule has 136 valence electrons. The number of amides is 2. The number of nitrogens with zero attached hydrogens (tertiary/aromatic N) is 2. The van der Waals surface area contributed by atoms with Crippen LogP contribution in [0.5, 0.6) is 5.75 Å². The standard InChI is InChI=1S/C18H23ClN2O4/c1-24-13-5-6-14(15(19)12-13)17(22)20-7-3-8-21(10-9-20)18(23)16-4-2-11-25-16/h5-6,12,16H,2-4,7-11H2,1H3. The highest BCUT2D eigenvalue weighted by atomic mass is 35.5. The Morgan fingerprint density at radius 3 is 2.60 bits per heavy atom. The van der Waals surface area contributed by atoms with Crippen LogP contribution in [0.2, 0.25) is 5.02 Å². The topological polar surface area (TPSA) is 59.1 Å². The van der Waals surface area contributed by atoms with Gasteiger partial charge in [-0.2, -0.15) is 0 Å². The molecule has 1 unspecified atom stereocenters. The molecule has 2 aliphatic heterocycles. The van der Waals surface area contributed by atoms with E-state index in [0.29, 0.717) is 49.1 Å². The van der Waals surface area contributed by atoms with Crippen molar-refractivity contribution in [3.8, 4) is 5.75 Å². The average Bonchev–Trinajstić information content (AvgIpc) is 3.05. The third-order valence-electron chi connectivity index (χ3n) is 4.71. The molecular weight excluding hydrogens is 344 g/mol. The number of benzene rings is 1. The van der Waals surface area contributed by atoms with Gasteiger partial charge in [0.1, 0.15) is 11.9 Å². The number of hydrogen-bond donors (Lipinski definition) is 0. The van der Waals surface area contributed by atoms with Crippen LogP contribution < -0.4 is 4.74 Å². The minimum atomic E-state index is -0.307. The first-order valence-electron chi connectivity index (χ1n) is 8.63. The molecule has 7 heteroatoms. The van der Waals surface area contributed by atoms with Crippen LogP contribution in [0.3, 0.4) is 0 Å². The summed E-state index contributed by atoms with van der Waals surface area (Å²) >= 11 is 6.22. The van der Waals surface area contributed by atoms with E-state index in [1.54, 1.807) is 30.2 Å². The lowest BCUT2D eigenvalue weighted by Crippen LogP contribution is -2.41. The van der Waals surface area contributed by atoms with E-state index in [0.717, 1.165) is 19.3 Å². The largest absolute Gasteiger partial charge is 0.497 e. The van der Waals surface area contributed by atoms with Gasteiger partial charge in [-0.15, -0.1) is 0 Å². The van der Waals surface area contributed by atoms with Crippen LogP contribution in [0.1, 0.15) is 29.6 Å². The van der Waals surface area contributed by atoms with E-state index in [1.807, 2.05) is 4.90 Å². The zero-order valence-corrected chi connectivity index (χ0v) is 15.1. The smallest absolute Gasteiger partial charge is 0.255 e. The van der Waals surface area contributed by atoms with Gasteiger partial charge in [-0.1, -0.05) is 11.6 Å². The summed E-state index contributed by atoms with van der Waals surface area (Å²) in [6.45, 7) is 2.94. The van der Waals surface area contributed by atoms with Gasteiger partial charge in [0.2, 0.25) is 0 Å². The third-order valence-corrected chi connectivity index (χ3v) is 5.02. The summed E-state index contributed by atoms with van der Waals surface area (Å²) in [6.07, 6.45) is 2.17. The van der Waals surface area contributed by atoms with E-state index >= 15 is 0 Å². The number of halogens is 1. The summed E-state index contributed by atoms with van der Waals surface area (Å²) in [6, 6.07) is 5.05. The number of carbonyl (C=O) groups is 2. The van der Waals surface area contributed by atoms with E-state index in [4.69, 9.17) is 21.1 Å². The monoisotopic (exact) mass is 366 g/mol. The summed E-state index contributed by atoms with van der Waals surface area (Å²) in [7, 11) is 1.56. The SMILES string of the molecule is COc1ccc(C(=O)N2CCCN(C(=O)C3CCCO3)CC2)c(Cl)c1. The number of carbonyl (C=O) groups excluding carboxylic acids is 2. The maximum absolute atomic E-state index is 12.8. The van der Waals surface area contributed by atoms with Crippen LogP contribution in [0, 0.1) is 0 Å². The van der Waals surface area contributed by atoms with Gasteiger partial charge in [-0.25, -0.2) is 0 Å². The molecule has 0 bridgehead atoms. The Morgan fingerprint density at radius 2 is 1.92 bits per heavy atom. The van der Waals surface area contributed by atoms with Crippen molar-refractivity contribution < 1.29 is 19.1 Å². The second-order valence-electron chi connectivity index (χ2n) is 6.32. The molecule has 2 fully saturated rings. The number of ether oxygens (including phenoxy) is 2. The first-order valence-corrected chi connectivity index (χ1v) is 9.01. The number of rotatable bonds is 3. The van der Waals surface area contributed by atoms with Crippen LogP contribution in [-0.4, -0.2) is 67.6 Å². The Labute approximate surface area is 152 Å². The summed E-state index contributed by atoms with van der Waals surface area (Å²) in [5.41, 5.74) is 0.460. The summed E-state index contributed by atoms with van der Waals surface area (Å²) in [5.74, 6) is 0.555. The van der Waals surface area contributed by atoms with E-state index < -0.39 is 0 Å². The van der Waals surface area contributed by atoms with Crippen molar-refractivity contribution in [1.29, 1.82) is 0 Å². The van der Waals surface area contributed by atoms with Crippen LogP contribution in [0.25, 0.3) is 0 Å². The molecule has 1 atom stereocenters. The first kappa shape index (κ1) is 18.0. The predicted molar refractivity (Wildman–Crippen MR) is 94.1 cm³/mol. The molecule has 2 amide bonds. The van der Waals surface area contributed by atoms with E-state index in [-0.39, 0.29) is 17.9 Å². The summed E-state index contributed by atoms with van der Waals surface area (Å²) in [4.78, 5) is 28.8. The molecule has 6 nitrogen and oxygen atoms in total. The molecule has 0 saturated carbocycles. The van der Waals surface area contributed by atoms with Crippen LogP contribution in [0.4, 0.5) is 0 Å². The highest BCUT2D eigenvalue weighted by Gasteiger charge is 2.30. The van der Waals surface area contributed by atoms with E-state index in [2.05, 4.69) is 0 Å². The Hall–Kier alpha value is -1.79. The Morgan fingerprint density at radius 1 is 1.16 bits per heavy atom. The lowest BCUT2D eigenvalue weighted by atomic mass is 10.2. The van der Waals surface area contributed by atoms with Crippen molar-refractivity contribution in [2.24, 2.45) is 0 Å². The van der Waals surface area contributed by atoms with Gasteiger partial charge < -0.3 is 19.3 Å². The van der Waals surface area contributed by atoms with Crippen LogP contribution in [-0.2, 0) is 9.53 Å². The van der Waals surface area contributed by atoms with Crippen molar-refractivity contribution in [2.45, 2.75) is 25.4 Å². The molecule has 0 N–H and O–H groups in total. The number of methoxy groups -OCH3 is 1. The van der Waals surface area contributed by atoms with Gasteiger partial charge in [0.05, 0.1) is 17.7 Å². The van der Waals surface area contributed by atoms with Crippen molar-refractivity contribution in [3.63, 3.8) is 0 Å². The van der Waals surface area contributed by atoms with Gasteiger partial charge in [0.15, 0.2) is 0 Å². The summed E-state index contributed by atoms with van der Waals surface area (Å²) in [5, 5.41) is 0.376. The normalized spacial score (nSPS) is 21.1. The minimum absolute atomic E-state index is 0.0503. The van der Waals surface area contributed by atoms with Crippen molar-refractivity contribution >= 4 is 23.4 Å². The molecule has 0 aliphatic carbocycles. The fourth-order valence-electron chi connectivity index (χ4n) is 3.28. The highest BCUT2D eigenvalue weighted by molar-refractivity contribution is 6.34. The highest BCUT2D eigenvalue weighted by Crippen LogP contribution is 2.24. The zero-order valence-electron chi connectivity index (χ0n) is 14.4. The molecule has 0 radical (unpaired) electrons. The lowest BCUT2D eigenvalue weighted by molar-refractivity contribution is -0.140. The molecule has 25 heavy (non-hydrogen) atoms. The van der Waals surface area contributed by atoms with Crippen LogP contribution >= 0.6 is 11.6 Å². The second-order valence-corrected chi connectivity index (χ2v) is 6.73. The van der Waals surface area contributed by atoms with E-state index in [9.17, 15) is 9.59 Å². The van der Waals surface area contributed by atoms with Gasteiger partial charge in [-0.3, -0.25) is 9.59 Å².